The van der Waals surface area contributed by atoms with Crippen LogP contribution in [0.25, 0.3) is 0 Å². The van der Waals surface area contributed by atoms with Crippen LogP contribution in [0.4, 0.5) is 0 Å². The van der Waals surface area contributed by atoms with Gasteiger partial charge in [0.1, 0.15) is 0 Å². The zero-order valence-corrected chi connectivity index (χ0v) is 16.3. The van der Waals surface area contributed by atoms with Crippen LogP contribution in [0.5, 0.6) is 0 Å². The van der Waals surface area contributed by atoms with E-state index in [0.717, 1.165) is 38.8 Å². The van der Waals surface area contributed by atoms with Gasteiger partial charge in [-0.1, -0.05) is 24.3 Å². The van der Waals surface area contributed by atoms with Gasteiger partial charge in [-0.25, -0.2) is 0 Å². The lowest BCUT2D eigenvalue weighted by atomic mass is 9.86. The lowest BCUT2D eigenvalue weighted by Crippen LogP contribution is -2.49. The van der Waals surface area contributed by atoms with Crippen LogP contribution in [0.1, 0.15) is 62.6 Å². The predicted octanol–water partition coefficient (Wildman–Crippen LogP) is 2.66. The molecule has 5 heteroatoms. The molecule has 0 unspecified atom stereocenters. The number of likely N-dealkylation sites (tertiary alicyclic amines) is 1. The van der Waals surface area contributed by atoms with E-state index < -0.39 is 0 Å². The summed E-state index contributed by atoms with van der Waals surface area (Å²) in [6.45, 7) is 3.62. The highest BCUT2D eigenvalue weighted by Crippen LogP contribution is 2.40. The number of nitrogens with one attached hydrogen (secondary N) is 1. The number of hydrogen-bond acceptors (Lipinski definition) is 3. The fourth-order valence-electron chi connectivity index (χ4n) is 4.75. The monoisotopic (exact) mass is 369 g/mol. The SMILES string of the molecule is CC(=O)N1CCC(NC(=O)CN(C2CC2)[C@H]2CCCc3ccccc32)CC1. The van der Waals surface area contributed by atoms with Gasteiger partial charge in [0.25, 0.3) is 0 Å². The van der Waals surface area contributed by atoms with Gasteiger partial charge in [0.15, 0.2) is 0 Å². The van der Waals surface area contributed by atoms with E-state index in [0.29, 0.717) is 18.6 Å². The topological polar surface area (TPSA) is 52.7 Å². The molecule has 0 spiro atoms. The summed E-state index contributed by atoms with van der Waals surface area (Å²) in [7, 11) is 0. The molecule has 27 heavy (non-hydrogen) atoms. The minimum absolute atomic E-state index is 0.135. The molecule has 5 nitrogen and oxygen atoms in total. The standard InChI is InChI=1S/C22H31N3O2/c1-16(26)24-13-11-18(12-14-24)23-22(27)15-25(19-9-10-19)21-8-4-6-17-5-2-3-7-20(17)21/h2-3,5,7,18-19,21H,4,6,8-15H2,1H3,(H,23,27)/t21-/m0/s1. The molecule has 1 saturated carbocycles. The molecule has 2 aliphatic carbocycles. The molecule has 0 bridgehead atoms. The molecule has 4 rings (SSSR count). The lowest BCUT2D eigenvalue weighted by molar-refractivity contribution is -0.130. The number of aryl methyl sites for hydroxylation is 1. The average molecular weight is 370 g/mol. The van der Waals surface area contributed by atoms with Gasteiger partial charge in [-0.3, -0.25) is 14.5 Å². The first-order valence-electron chi connectivity index (χ1n) is 10.5. The quantitative estimate of drug-likeness (QED) is 0.868. The highest BCUT2D eigenvalue weighted by Gasteiger charge is 2.37. The summed E-state index contributed by atoms with van der Waals surface area (Å²) < 4.78 is 0. The molecule has 1 aliphatic heterocycles. The number of piperidine rings is 1. The Morgan fingerprint density at radius 3 is 2.56 bits per heavy atom. The Kier molecular flexibility index (Phi) is 5.48. The fraction of sp³-hybridized carbons (Fsp3) is 0.636. The van der Waals surface area contributed by atoms with E-state index in [1.807, 2.05) is 4.90 Å². The van der Waals surface area contributed by atoms with Gasteiger partial charge >= 0.3 is 0 Å². The molecule has 1 N–H and O–H groups in total. The van der Waals surface area contributed by atoms with Crippen molar-refractivity contribution in [1.82, 2.24) is 15.1 Å². The summed E-state index contributed by atoms with van der Waals surface area (Å²) in [6, 6.07) is 9.90. The lowest BCUT2D eigenvalue weighted by Gasteiger charge is -2.36. The van der Waals surface area contributed by atoms with E-state index in [2.05, 4.69) is 34.5 Å². The maximum atomic E-state index is 12.8. The normalized spacial score (nSPS) is 23.2. The maximum absolute atomic E-state index is 12.8. The van der Waals surface area contributed by atoms with Crippen LogP contribution in [-0.4, -0.2) is 53.3 Å². The van der Waals surface area contributed by atoms with Gasteiger partial charge in [0.05, 0.1) is 6.54 Å². The fourth-order valence-corrected chi connectivity index (χ4v) is 4.75. The number of rotatable bonds is 5. The largest absolute Gasteiger partial charge is 0.352 e. The first-order chi connectivity index (χ1) is 13.1. The van der Waals surface area contributed by atoms with Crippen molar-refractivity contribution in [2.24, 2.45) is 0 Å². The van der Waals surface area contributed by atoms with E-state index in [-0.39, 0.29) is 17.9 Å². The Morgan fingerprint density at radius 1 is 1.11 bits per heavy atom. The van der Waals surface area contributed by atoms with Crippen LogP contribution in [0, 0.1) is 0 Å². The van der Waals surface area contributed by atoms with E-state index in [9.17, 15) is 9.59 Å². The van der Waals surface area contributed by atoms with Crippen molar-refractivity contribution in [3.05, 3.63) is 35.4 Å². The second kappa shape index (κ2) is 8.01. The van der Waals surface area contributed by atoms with E-state index in [1.165, 1.54) is 30.4 Å². The van der Waals surface area contributed by atoms with Crippen LogP contribution in [0.2, 0.25) is 0 Å². The minimum Gasteiger partial charge on any atom is -0.352 e. The number of amides is 2. The number of hydrogen-bond donors (Lipinski definition) is 1. The highest BCUT2D eigenvalue weighted by molar-refractivity contribution is 5.78. The number of nitrogens with zero attached hydrogens (tertiary/aromatic N) is 2. The molecule has 1 saturated heterocycles. The van der Waals surface area contributed by atoms with E-state index in [1.54, 1.807) is 6.92 Å². The third kappa shape index (κ3) is 4.34. The first-order valence-corrected chi connectivity index (χ1v) is 10.5. The molecular formula is C22H31N3O2. The van der Waals surface area contributed by atoms with Gasteiger partial charge in [0, 0.05) is 38.1 Å². The number of carbonyl (C=O) groups excluding carboxylic acids is 2. The van der Waals surface area contributed by atoms with Gasteiger partial charge in [-0.2, -0.15) is 0 Å². The molecule has 1 heterocycles. The number of fused-ring (bicyclic) bond motifs is 1. The van der Waals surface area contributed by atoms with Crippen LogP contribution in [0.3, 0.4) is 0 Å². The van der Waals surface area contributed by atoms with Crippen LogP contribution in [0.15, 0.2) is 24.3 Å². The molecule has 2 fully saturated rings. The van der Waals surface area contributed by atoms with Crippen molar-refractivity contribution in [2.45, 2.75) is 70.0 Å². The van der Waals surface area contributed by atoms with E-state index in [4.69, 9.17) is 0 Å². The number of carbonyl (C=O) groups is 2. The molecular weight excluding hydrogens is 338 g/mol. The van der Waals surface area contributed by atoms with Crippen molar-refractivity contribution in [3.8, 4) is 0 Å². The second-order valence-electron chi connectivity index (χ2n) is 8.36. The second-order valence-corrected chi connectivity index (χ2v) is 8.36. The van der Waals surface area contributed by atoms with Crippen LogP contribution in [-0.2, 0) is 16.0 Å². The summed E-state index contributed by atoms with van der Waals surface area (Å²) in [5, 5.41) is 3.24. The molecule has 146 valence electrons. The van der Waals surface area contributed by atoms with Crippen molar-refractivity contribution >= 4 is 11.8 Å². The third-order valence-corrected chi connectivity index (χ3v) is 6.39. The van der Waals surface area contributed by atoms with E-state index >= 15 is 0 Å². The predicted molar refractivity (Wildman–Crippen MR) is 105 cm³/mol. The molecule has 0 aromatic heterocycles. The molecule has 1 aromatic carbocycles. The maximum Gasteiger partial charge on any atom is 0.234 e. The average Bonchev–Trinajstić information content (AvgIpc) is 3.51. The highest BCUT2D eigenvalue weighted by atomic mass is 16.2. The smallest absolute Gasteiger partial charge is 0.234 e. The first kappa shape index (κ1) is 18.5. The van der Waals surface area contributed by atoms with Crippen molar-refractivity contribution in [1.29, 1.82) is 0 Å². The molecule has 1 atom stereocenters. The summed E-state index contributed by atoms with van der Waals surface area (Å²) >= 11 is 0. The van der Waals surface area contributed by atoms with Gasteiger partial charge < -0.3 is 10.2 Å². The van der Waals surface area contributed by atoms with Crippen LogP contribution < -0.4 is 5.32 Å². The van der Waals surface area contributed by atoms with Crippen molar-refractivity contribution in [2.75, 3.05) is 19.6 Å². The zero-order chi connectivity index (χ0) is 18.8. The minimum atomic E-state index is 0.135. The van der Waals surface area contributed by atoms with Gasteiger partial charge in [-0.15, -0.1) is 0 Å². The summed E-state index contributed by atoms with van der Waals surface area (Å²) in [4.78, 5) is 28.6. The van der Waals surface area contributed by atoms with Gasteiger partial charge in [0.2, 0.25) is 11.8 Å². The molecule has 3 aliphatic rings. The Morgan fingerprint density at radius 2 is 1.85 bits per heavy atom. The van der Waals surface area contributed by atoms with Crippen LogP contribution >= 0.6 is 0 Å². The Hall–Kier alpha value is -1.88. The molecule has 1 aromatic rings. The van der Waals surface area contributed by atoms with Gasteiger partial charge in [-0.05, 0) is 56.1 Å². The number of benzene rings is 1. The zero-order valence-electron chi connectivity index (χ0n) is 16.3. The Bertz CT molecular complexity index is 693. The Balaban J connectivity index is 1.37. The molecule has 2 amide bonds. The third-order valence-electron chi connectivity index (χ3n) is 6.39. The summed E-state index contributed by atoms with van der Waals surface area (Å²) in [5.74, 6) is 0.280. The Labute approximate surface area is 162 Å². The molecule has 0 radical (unpaired) electrons. The summed E-state index contributed by atoms with van der Waals surface area (Å²) in [6.07, 6.45) is 7.66. The van der Waals surface area contributed by atoms with Crippen molar-refractivity contribution < 1.29 is 9.59 Å². The van der Waals surface area contributed by atoms with Crippen molar-refractivity contribution in [3.63, 3.8) is 0 Å². The summed E-state index contributed by atoms with van der Waals surface area (Å²) in [5.41, 5.74) is 2.88.